The molecule has 0 spiro atoms. The highest BCUT2D eigenvalue weighted by Gasteiger charge is 2.29. The molecule has 5 nitrogen and oxygen atoms in total. The van der Waals surface area contributed by atoms with Crippen LogP contribution in [0.15, 0.2) is 66.1 Å². The monoisotopic (exact) mass is 396 g/mol. The summed E-state index contributed by atoms with van der Waals surface area (Å²) in [5.74, 6) is -0.290. The Morgan fingerprint density at radius 3 is 2.46 bits per heavy atom. The van der Waals surface area contributed by atoms with E-state index in [-0.39, 0.29) is 11.7 Å². The molecule has 0 unspecified atom stereocenters. The van der Waals surface area contributed by atoms with Crippen molar-refractivity contribution in [3.05, 3.63) is 72.3 Å². The molecule has 0 radical (unpaired) electrons. The zero-order valence-corrected chi connectivity index (χ0v) is 16.2. The predicted molar refractivity (Wildman–Crippen MR) is 107 cm³/mol. The van der Waals surface area contributed by atoms with Crippen LogP contribution in [-0.2, 0) is 4.79 Å². The van der Waals surface area contributed by atoms with E-state index >= 15 is 0 Å². The smallest absolute Gasteiger partial charge is 0.240 e. The van der Waals surface area contributed by atoms with Crippen LogP contribution >= 0.6 is 11.8 Å². The van der Waals surface area contributed by atoms with E-state index in [0.29, 0.717) is 10.8 Å². The number of halogens is 1. The fourth-order valence-corrected chi connectivity index (χ4v) is 4.50. The van der Waals surface area contributed by atoms with Crippen molar-refractivity contribution in [1.82, 2.24) is 19.7 Å². The number of piperidine rings is 1. The summed E-state index contributed by atoms with van der Waals surface area (Å²) in [6, 6.07) is 16.2. The van der Waals surface area contributed by atoms with Crippen LogP contribution in [0.5, 0.6) is 0 Å². The van der Waals surface area contributed by atoms with Crippen molar-refractivity contribution in [3.63, 3.8) is 0 Å². The third-order valence-electron chi connectivity index (χ3n) is 4.85. The molecule has 144 valence electrons. The van der Waals surface area contributed by atoms with E-state index in [2.05, 4.69) is 10.2 Å². The lowest BCUT2D eigenvalue weighted by molar-refractivity contribution is -0.131. The van der Waals surface area contributed by atoms with Crippen LogP contribution in [0.3, 0.4) is 0 Å². The summed E-state index contributed by atoms with van der Waals surface area (Å²) in [5, 5.41) is 8.16. The van der Waals surface area contributed by atoms with Gasteiger partial charge in [-0.05, 0) is 37.0 Å². The molecule has 4 rings (SSSR count). The minimum absolute atomic E-state index is 0.0685. The van der Waals surface area contributed by atoms with Gasteiger partial charge >= 0.3 is 0 Å². The van der Waals surface area contributed by atoms with Gasteiger partial charge in [0.1, 0.15) is 17.4 Å². The molecular formula is C21H21FN4OS. The number of rotatable bonds is 5. The summed E-state index contributed by atoms with van der Waals surface area (Å²) < 4.78 is 15.9. The first kappa shape index (κ1) is 18.7. The van der Waals surface area contributed by atoms with Crippen LogP contribution < -0.4 is 0 Å². The maximum Gasteiger partial charge on any atom is 0.240 e. The Kier molecular flexibility index (Phi) is 5.71. The zero-order valence-electron chi connectivity index (χ0n) is 15.4. The molecule has 1 amide bonds. The fraction of sp³-hybridized carbons (Fsp3) is 0.286. The van der Waals surface area contributed by atoms with Crippen molar-refractivity contribution in [3.8, 4) is 5.69 Å². The van der Waals surface area contributed by atoms with Gasteiger partial charge in [-0.25, -0.2) is 4.39 Å². The van der Waals surface area contributed by atoms with E-state index in [0.717, 1.165) is 37.9 Å². The molecule has 2 aromatic carbocycles. The molecule has 3 aromatic rings. The second-order valence-electron chi connectivity index (χ2n) is 6.73. The number of amides is 1. The van der Waals surface area contributed by atoms with Gasteiger partial charge in [-0.2, -0.15) is 0 Å². The summed E-state index contributed by atoms with van der Waals surface area (Å²) in [4.78, 5) is 15.2. The normalized spacial score (nSPS) is 15.4. The molecule has 2 heterocycles. The van der Waals surface area contributed by atoms with Gasteiger partial charge in [0, 0.05) is 13.1 Å². The zero-order chi connectivity index (χ0) is 19.3. The van der Waals surface area contributed by atoms with Crippen LogP contribution in [-0.4, -0.2) is 38.7 Å². The largest absolute Gasteiger partial charge is 0.341 e. The standard InChI is InChI=1S/C21H21FN4OS/c22-17-11-5-6-12-18(17)26-15-23-24-21(26)28-19(16-9-3-1-4-10-16)20(27)25-13-7-2-8-14-25/h1,3-6,9-12,15,19H,2,7-8,13-14H2/t19-/m1/s1. The van der Waals surface area contributed by atoms with E-state index in [1.54, 1.807) is 22.8 Å². The third-order valence-corrected chi connectivity index (χ3v) is 6.04. The van der Waals surface area contributed by atoms with Crippen molar-refractivity contribution in [1.29, 1.82) is 0 Å². The first-order valence-electron chi connectivity index (χ1n) is 9.39. The van der Waals surface area contributed by atoms with Gasteiger partial charge in [0.05, 0.1) is 5.69 Å². The van der Waals surface area contributed by atoms with Crippen LogP contribution in [0.1, 0.15) is 30.1 Å². The van der Waals surface area contributed by atoms with Gasteiger partial charge in [-0.15, -0.1) is 10.2 Å². The Labute approximate surface area is 167 Å². The minimum atomic E-state index is -0.450. The first-order chi connectivity index (χ1) is 13.7. The van der Waals surface area contributed by atoms with Crippen LogP contribution in [0.4, 0.5) is 4.39 Å². The van der Waals surface area contributed by atoms with Gasteiger partial charge in [-0.3, -0.25) is 9.36 Å². The highest BCUT2D eigenvalue weighted by atomic mass is 32.2. The highest BCUT2D eigenvalue weighted by Crippen LogP contribution is 2.37. The lowest BCUT2D eigenvalue weighted by atomic mass is 10.1. The summed E-state index contributed by atoms with van der Waals surface area (Å²) in [6.07, 6.45) is 4.70. The van der Waals surface area contributed by atoms with Crippen molar-refractivity contribution in [2.24, 2.45) is 0 Å². The van der Waals surface area contributed by atoms with E-state index < -0.39 is 5.25 Å². The SMILES string of the molecule is O=C([C@H](Sc1nncn1-c1ccccc1F)c1ccccc1)N1CCCCC1. The molecule has 7 heteroatoms. The topological polar surface area (TPSA) is 51.0 Å². The Balaban J connectivity index is 1.67. The maximum absolute atomic E-state index is 14.3. The van der Waals surface area contributed by atoms with Crippen LogP contribution in [0.2, 0.25) is 0 Å². The minimum Gasteiger partial charge on any atom is -0.341 e. The molecule has 0 bridgehead atoms. The Bertz CT molecular complexity index is 940. The second-order valence-corrected chi connectivity index (χ2v) is 7.80. The summed E-state index contributed by atoms with van der Waals surface area (Å²) in [5.41, 5.74) is 1.28. The maximum atomic E-state index is 14.3. The molecule has 1 fully saturated rings. The van der Waals surface area contributed by atoms with E-state index in [4.69, 9.17) is 0 Å². The lowest BCUT2D eigenvalue weighted by Crippen LogP contribution is -2.38. The molecule has 1 saturated heterocycles. The lowest BCUT2D eigenvalue weighted by Gasteiger charge is -2.30. The summed E-state index contributed by atoms with van der Waals surface area (Å²) in [6.45, 7) is 1.56. The number of hydrogen-bond donors (Lipinski definition) is 0. The van der Waals surface area contributed by atoms with Crippen LogP contribution in [0, 0.1) is 5.82 Å². The van der Waals surface area contributed by atoms with E-state index in [1.165, 1.54) is 24.2 Å². The predicted octanol–water partition coefficient (Wildman–Crippen LogP) is 4.25. The molecule has 1 aliphatic rings. The molecule has 0 N–H and O–H groups in total. The average Bonchev–Trinajstić information content (AvgIpc) is 3.21. The highest BCUT2D eigenvalue weighted by molar-refractivity contribution is 8.00. The molecule has 1 aromatic heterocycles. The Morgan fingerprint density at radius 1 is 1.00 bits per heavy atom. The number of likely N-dealkylation sites (tertiary alicyclic amines) is 1. The van der Waals surface area contributed by atoms with Gasteiger partial charge in [0.15, 0.2) is 5.16 Å². The second kappa shape index (κ2) is 8.56. The van der Waals surface area contributed by atoms with Gasteiger partial charge in [0.2, 0.25) is 5.91 Å². The quantitative estimate of drug-likeness (QED) is 0.605. The van der Waals surface area contributed by atoms with Gasteiger partial charge in [-0.1, -0.05) is 54.2 Å². The van der Waals surface area contributed by atoms with Crippen molar-refractivity contribution >= 4 is 17.7 Å². The van der Waals surface area contributed by atoms with E-state index in [1.807, 2.05) is 35.2 Å². The van der Waals surface area contributed by atoms with Crippen molar-refractivity contribution < 1.29 is 9.18 Å². The number of aromatic nitrogens is 3. The Morgan fingerprint density at radius 2 is 1.71 bits per heavy atom. The first-order valence-corrected chi connectivity index (χ1v) is 10.3. The van der Waals surface area contributed by atoms with Crippen molar-refractivity contribution in [2.75, 3.05) is 13.1 Å². The molecule has 0 aliphatic carbocycles. The van der Waals surface area contributed by atoms with E-state index in [9.17, 15) is 9.18 Å². The number of carbonyl (C=O) groups excluding carboxylic acids is 1. The Hall–Kier alpha value is -2.67. The van der Waals surface area contributed by atoms with Gasteiger partial charge < -0.3 is 4.90 Å². The fourth-order valence-electron chi connectivity index (χ4n) is 3.39. The molecule has 28 heavy (non-hydrogen) atoms. The van der Waals surface area contributed by atoms with Gasteiger partial charge in [0.25, 0.3) is 0 Å². The molecule has 0 saturated carbocycles. The summed E-state index contributed by atoms with van der Waals surface area (Å²) >= 11 is 1.31. The number of carbonyl (C=O) groups is 1. The average molecular weight is 396 g/mol. The molecule has 1 atom stereocenters. The van der Waals surface area contributed by atoms with Crippen LogP contribution in [0.25, 0.3) is 5.69 Å². The number of benzene rings is 2. The molecular weight excluding hydrogens is 375 g/mol. The third kappa shape index (κ3) is 3.94. The summed E-state index contributed by atoms with van der Waals surface area (Å²) in [7, 11) is 0. The number of hydrogen-bond acceptors (Lipinski definition) is 4. The number of para-hydroxylation sites is 1. The number of thioether (sulfide) groups is 1. The molecule has 1 aliphatic heterocycles. The van der Waals surface area contributed by atoms with Crippen molar-refractivity contribution in [2.45, 2.75) is 29.7 Å². The number of nitrogens with zero attached hydrogens (tertiary/aromatic N) is 4.